The second kappa shape index (κ2) is 7.79. The number of aromatic nitrogens is 1. The Balaban J connectivity index is 1.06. The van der Waals surface area contributed by atoms with Gasteiger partial charge < -0.3 is 20.3 Å². The molecule has 2 aliphatic carbocycles. The van der Waals surface area contributed by atoms with Gasteiger partial charge in [0.05, 0.1) is 25.2 Å². The molecule has 0 radical (unpaired) electrons. The topological polar surface area (TPSA) is 121 Å². The lowest BCUT2D eigenvalue weighted by Crippen LogP contribution is -2.39. The van der Waals surface area contributed by atoms with Crippen LogP contribution in [0.5, 0.6) is 0 Å². The molecule has 2 bridgehead atoms. The van der Waals surface area contributed by atoms with Crippen LogP contribution in [0.1, 0.15) is 22.8 Å². The van der Waals surface area contributed by atoms with E-state index in [1.165, 1.54) is 18.7 Å². The number of ether oxygens (including phenoxy) is 1. The number of rotatable bonds is 7. The zero-order chi connectivity index (χ0) is 24.3. The van der Waals surface area contributed by atoms with Crippen molar-refractivity contribution < 1.29 is 23.9 Å². The van der Waals surface area contributed by atoms with Gasteiger partial charge in [-0.2, -0.15) is 0 Å². The molecule has 4 amide bonds. The third-order valence-corrected chi connectivity index (χ3v) is 7.67. The van der Waals surface area contributed by atoms with Crippen molar-refractivity contribution in [2.24, 2.45) is 11.8 Å². The molecule has 2 saturated carbocycles. The van der Waals surface area contributed by atoms with Crippen LogP contribution in [0.2, 0.25) is 0 Å². The molecule has 4 heterocycles. The molecule has 2 aromatic rings. The minimum Gasteiger partial charge on any atom is -0.442 e. The fourth-order valence-electron chi connectivity index (χ4n) is 5.91. The van der Waals surface area contributed by atoms with Gasteiger partial charge in [0.15, 0.2) is 0 Å². The fourth-order valence-corrected chi connectivity index (χ4v) is 5.91. The Labute approximate surface area is 201 Å². The molecular formula is C25H25N5O5. The quantitative estimate of drug-likeness (QED) is 0.608. The lowest BCUT2D eigenvalue weighted by Gasteiger charge is -2.18. The van der Waals surface area contributed by atoms with E-state index in [0.717, 1.165) is 5.69 Å². The highest BCUT2D eigenvalue weighted by molar-refractivity contribution is 5.96. The molecule has 5 fully saturated rings. The summed E-state index contributed by atoms with van der Waals surface area (Å²) in [6, 6.07) is 11.5. The number of cyclic esters (lactones) is 1. The lowest BCUT2D eigenvalue weighted by molar-refractivity contribution is -0.129. The molecule has 1 aromatic carbocycles. The number of amides is 4. The van der Waals surface area contributed by atoms with Crippen LogP contribution in [-0.4, -0.2) is 72.0 Å². The minimum atomic E-state index is -0.424. The molecule has 5 aliphatic rings. The van der Waals surface area contributed by atoms with E-state index >= 15 is 0 Å². The summed E-state index contributed by atoms with van der Waals surface area (Å²) in [5, 5.41) is 5.37. The molecule has 180 valence electrons. The highest BCUT2D eigenvalue weighted by Gasteiger charge is 2.91. The minimum absolute atomic E-state index is 0.00826. The summed E-state index contributed by atoms with van der Waals surface area (Å²) in [4.78, 5) is 55.8. The van der Waals surface area contributed by atoms with Gasteiger partial charge in [-0.15, -0.1) is 0 Å². The second-order valence-electron chi connectivity index (χ2n) is 9.63. The van der Waals surface area contributed by atoms with Gasteiger partial charge in [0.2, 0.25) is 11.8 Å². The molecule has 2 unspecified atom stereocenters. The molecule has 7 rings (SSSR count). The third kappa shape index (κ3) is 3.43. The van der Waals surface area contributed by atoms with Gasteiger partial charge in [0, 0.05) is 43.0 Å². The van der Waals surface area contributed by atoms with E-state index < -0.39 is 6.09 Å². The van der Waals surface area contributed by atoms with Gasteiger partial charge in [-0.25, -0.2) is 4.79 Å². The molecule has 3 saturated heterocycles. The normalized spacial score (nSPS) is 29.3. The third-order valence-electron chi connectivity index (χ3n) is 7.67. The van der Waals surface area contributed by atoms with Crippen molar-refractivity contribution in [3.05, 3.63) is 59.9 Å². The van der Waals surface area contributed by atoms with E-state index in [-0.39, 0.29) is 48.4 Å². The zero-order valence-corrected chi connectivity index (χ0v) is 19.1. The number of carbonyl (C=O) groups is 4. The predicted octanol–water partition coefficient (Wildman–Crippen LogP) is 0.681. The van der Waals surface area contributed by atoms with Crippen LogP contribution in [0.15, 0.2) is 48.8 Å². The van der Waals surface area contributed by atoms with E-state index in [1.54, 1.807) is 23.2 Å². The Morgan fingerprint density at radius 1 is 1.14 bits per heavy atom. The average Bonchev–Trinajstić information content (AvgIpc) is 3.60. The van der Waals surface area contributed by atoms with Crippen molar-refractivity contribution >= 4 is 29.5 Å². The number of benzene rings is 1. The SMILES string of the molecule is CC(=O)NC[C@H]1CN(c2ccc(C34CN(C(=O)CNC(=O)c5cccnc5)C5C3C54)cc2)C(=O)O1. The van der Waals surface area contributed by atoms with Crippen LogP contribution < -0.4 is 15.5 Å². The van der Waals surface area contributed by atoms with Crippen LogP contribution in [-0.2, 0) is 19.7 Å². The van der Waals surface area contributed by atoms with Crippen molar-refractivity contribution in [2.45, 2.75) is 24.5 Å². The Morgan fingerprint density at radius 3 is 2.60 bits per heavy atom. The molecule has 3 aliphatic heterocycles. The summed E-state index contributed by atoms with van der Waals surface area (Å²) in [7, 11) is 0. The number of fused-ring (bicyclic) bond motifs is 1. The summed E-state index contributed by atoms with van der Waals surface area (Å²) >= 11 is 0. The van der Waals surface area contributed by atoms with Crippen molar-refractivity contribution in [2.75, 3.05) is 31.1 Å². The fraction of sp³-hybridized carbons (Fsp3) is 0.400. The van der Waals surface area contributed by atoms with E-state index in [0.29, 0.717) is 30.5 Å². The number of carbonyl (C=O) groups excluding carboxylic acids is 4. The number of nitrogens with one attached hydrogen (secondary N) is 2. The highest BCUT2D eigenvalue weighted by Crippen LogP contribution is 2.83. The predicted molar refractivity (Wildman–Crippen MR) is 123 cm³/mol. The van der Waals surface area contributed by atoms with Gasteiger partial charge >= 0.3 is 6.09 Å². The van der Waals surface area contributed by atoms with Crippen molar-refractivity contribution in [1.82, 2.24) is 20.5 Å². The van der Waals surface area contributed by atoms with Crippen LogP contribution in [0.4, 0.5) is 10.5 Å². The van der Waals surface area contributed by atoms with Crippen molar-refractivity contribution in [1.29, 1.82) is 0 Å². The summed E-state index contributed by atoms with van der Waals surface area (Å²) < 4.78 is 5.34. The van der Waals surface area contributed by atoms with Crippen molar-refractivity contribution in [3.63, 3.8) is 0 Å². The largest absolute Gasteiger partial charge is 0.442 e. The molecule has 2 N–H and O–H groups in total. The highest BCUT2D eigenvalue weighted by atomic mass is 16.6. The molecular weight excluding hydrogens is 450 g/mol. The first-order valence-electron chi connectivity index (χ1n) is 11.7. The summed E-state index contributed by atoms with van der Waals surface area (Å²) in [6.45, 7) is 2.71. The smallest absolute Gasteiger partial charge is 0.414 e. The molecule has 35 heavy (non-hydrogen) atoms. The van der Waals surface area contributed by atoms with Gasteiger partial charge in [0.1, 0.15) is 6.10 Å². The zero-order valence-electron chi connectivity index (χ0n) is 19.1. The number of nitrogens with zero attached hydrogens (tertiary/aromatic N) is 3. The lowest BCUT2D eigenvalue weighted by atomic mass is 9.88. The second-order valence-corrected chi connectivity index (χ2v) is 9.63. The van der Waals surface area contributed by atoms with Crippen LogP contribution in [0, 0.1) is 11.8 Å². The van der Waals surface area contributed by atoms with Gasteiger partial charge in [0.25, 0.3) is 5.91 Å². The first-order valence-corrected chi connectivity index (χ1v) is 11.7. The number of hydrogen-bond acceptors (Lipinski definition) is 6. The Bertz CT molecular complexity index is 1210. The number of hydrogen-bond donors (Lipinski definition) is 2. The average molecular weight is 476 g/mol. The maximum Gasteiger partial charge on any atom is 0.414 e. The van der Waals surface area contributed by atoms with E-state index in [1.807, 2.05) is 29.2 Å². The number of pyridine rings is 1. The van der Waals surface area contributed by atoms with Crippen LogP contribution in [0.25, 0.3) is 0 Å². The Kier molecular flexibility index (Phi) is 4.80. The molecule has 0 spiro atoms. The first-order chi connectivity index (χ1) is 16.9. The molecule has 1 aromatic heterocycles. The van der Waals surface area contributed by atoms with E-state index in [4.69, 9.17) is 4.74 Å². The van der Waals surface area contributed by atoms with Gasteiger partial charge in [-0.1, -0.05) is 12.1 Å². The van der Waals surface area contributed by atoms with Crippen molar-refractivity contribution in [3.8, 4) is 0 Å². The maximum absolute atomic E-state index is 12.8. The Morgan fingerprint density at radius 2 is 1.91 bits per heavy atom. The first kappa shape index (κ1) is 21.6. The van der Waals surface area contributed by atoms with E-state index in [2.05, 4.69) is 15.6 Å². The Hall–Kier alpha value is -3.95. The van der Waals surface area contributed by atoms with Crippen LogP contribution >= 0.6 is 0 Å². The van der Waals surface area contributed by atoms with Gasteiger partial charge in [-0.3, -0.25) is 24.3 Å². The number of anilines is 1. The summed E-state index contributed by atoms with van der Waals surface area (Å²) in [6.07, 6.45) is 2.26. The monoisotopic (exact) mass is 475 g/mol. The van der Waals surface area contributed by atoms with Gasteiger partial charge in [-0.05, 0) is 41.7 Å². The van der Waals surface area contributed by atoms with Crippen LogP contribution in [0.3, 0.4) is 0 Å². The summed E-state index contributed by atoms with van der Waals surface area (Å²) in [5.74, 6) is 0.413. The number of piperidine rings is 1. The standard InChI is InChI=1S/C25H25N5O5/c1-14(31)27-10-18-12-29(24(34)35-18)17-6-4-16(5-7-17)25-13-30(22-20(25)21(22)25)19(32)11-28-23(33)15-3-2-8-26-9-15/h2-9,18,20-22H,10-13H2,1H3,(H,27,31)(H,28,33)/t18-,20?,21?,22?,25?/m0/s1. The maximum atomic E-state index is 12.8. The molecule has 10 nitrogen and oxygen atoms in total. The van der Waals surface area contributed by atoms with E-state index in [9.17, 15) is 19.2 Å². The summed E-state index contributed by atoms with van der Waals surface area (Å²) in [5.41, 5.74) is 2.34. The molecule has 3 atom stereocenters. The molecule has 10 heteroatoms.